The molecule has 0 bridgehead atoms. The quantitative estimate of drug-likeness (QED) is 0.773. The Bertz CT molecular complexity index is 316. The zero-order valence-electron chi connectivity index (χ0n) is 9.65. The molecule has 0 fully saturated rings. The number of aliphatic hydroxyl groups excluding tert-OH is 1. The molecule has 0 aromatic heterocycles. The Labute approximate surface area is 99.5 Å². The number of methoxy groups -OCH3 is 3. The van der Waals surface area contributed by atoms with Crippen LogP contribution in [0.25, 0.3) is 0 Å². The lowest BCUT2D eigenvalue weighted by atomic mass is 10.3. The third-order valence-electron chi connectivity index (χ3n) is 2.01. The van der Waals surface area contributed by atoms with Crippen LogP contribution in [0.5, 0.6) is 17.2 Å². The number of rotatable bonds is 6. The van der Waals surface area contributed by atoms with E-state index in [0.717, 1.165) is 4.90 Å². The minimum Gasteiger partial charge on any atom is -0.496 e. The van der Waals surface area contributed by atoms with E-state index in [1.807, 2.05) is 0 Å². The maximum atomic E-state index is 8.83. The van der Waals surface area contributed by atoms with Gasteiger partial charge in [-0.3, -0.25) is 0 Å². The van der Waals surface area contributed by atoms with Crippen molar-refractivity contribution >= 4 is 11.8 Å². The predicted molar refractivity (Wildman–Crippen MR) is 63.9 cm³/mol. The number of benzene rings is 1. The SMILES string of the molecule is COc1cc(OC)c(SCCO)c(OC)c1. The lowest BCUT2D eigenvalue weighted by molar-refractivity contribution is 0.322. The fourth-order valence-electron chi connectivity index (χ4n) is 1.26. The molecule has 1 aromatic carbocycles. The van der Waals surface area contributed by atoms with E-state index in [2.05, 4.69) is 0 Å². The second-order valence-corrected chi connectivity index (χ2v) is 4.04. The molecule has 1 rings (SSSR count). The van der Waals surface area contributed by atoms with Gasteiger partial charge in [0.1, 0.15) is 17.2 Å². The standard InChI is InChI=1S/C11H16O4S/c1-13-8-6-9(14-2)11(16-5-4-12)10(7-8)15-3/h6-7,12H,4-5H2,1-3H3. The van der Waals surface area contributed by atoms with Gasteiger partial charge in [-0.25, -0.2) is 0 Å². The fourth-order valence-corrected chi connectivity index (χ4v) is 2.13. The summed E-state index contributed by atoms with van der Waals surface area (Å²) < 4.78 is 15.7. The summed E-state index contributed by atoms with van der Waals surface area (Å²) in [6, 6.07) is 3.59. The fraction of sp³-hybridized carbons (Fsp3) is 0.455. The minimum atomic E-state index is 0.114. The average Bonchev–Trinajstić information content (AvgIpc) is 2.35. The van der Waals surface area contributed by atoms with Gasteiger partial charge in [0.05, 0.1) is 32.8 Å². The summed E-state index contributed by atoms with van der Waals surface area (Å²) in [6.07, 6.45) is 0. The van der Waals surface area contributed by atoms with Gasteiger partial charge in [0.2, 0.25) is 0 Å². The molecule has 1 aromatic rings. The van der Waals surface area contributed by atoms with Gasteiger partial charge in [-0.15, -0.1) is 11.8 Å². The minimum absolute atomic E-state index is 0.114. The van der Waals surface area contributed by atoms with E-state index in [4.69, 9.17) is 19.3 Å². The molecular weight excluding hydrogens is 228 g/mol. The van der Waals surface area contributed by atoms with Crippen LogP contribution in [0.15, 0.2) is 17.0 Å². The van der Waals surface area contributed by atoms with Gasteiger partial charge < -0.3 is 19.3 Å². The molecule has 1 N–H and O–H groups in total. The van der Waals surface area contributed by atoms with Crippen molar-refractivity contribution < 1.29 is 19.3 Å². The van der Waals surface area contributed by atoms with Crippen LogP contribution in [0.3, 0.4) is 0 Å². The van der Waals surface area contributed by atoms with Crippen LogP contribution < -0.4 is 14.2 Å². The number of thioether (sulfide) groups is 1. The van der Waals surface area contributed by atoms with E-state index in [0.29, 0.717) is 23.0 Å². The first-order valence-electron chi connectivity index (χ1n) is 4.80. The highest BCUT2D eigenvalue weighted by atomic mass is 32.2. The zero-order valence-corrected chi connectivity index (χ0v) is 10.5. The molecule has 16 heavy (non-hydrogen) atoms. The smallest absolute Gasteiger partial charge is 0.139 e. The molecule has 90 valence electrons. The monoisotopic (exact) mass is 244 g/mol. The maximum absolute atomic E-state index is 8.83. The van der Waals surface area contributed by atoms with E-state index >= 15 is 0 Å². The molecular formula is C11H16O4S. The normalized spacial score (nSPS) is 10.0. The Hall–Kier alpha value is -1.07. The van der Waals surface area contributed by atoms with E-state index in [1.54, 1.807) is 33.5 Å². The van der Waals surface area contributed by atoms with Gasteiger partial charge in [0.25, 0.3) is 0 Å². The summed E-state index contributed by atoms with van der Waals surface area (Å²) in [4.78, 5) is 0.875. The zero-order chi connectivity index (χ0) is 12.0. The molecule has 0 spiro atoms. The van der Waals surface area contributed by atoms with E-state index in [9.17, 15) is 0 Å². The first-order chi connectivity index (χ1) is 7.76. The summed E-state index contributed by atoms with van der Waals surface area (Å²) in [6.45, 7) is 0.114. The first-order valence-corrected chi connectivity index (χ1v) is 5.79. The summed E-state index contributed by atoms with van der Waals surface area (Å²) in [5.74, 6) is 2.66. The molecule has 5 heteroatoms. The average molecular weight is 244 g/mol. The Morgan fingerprint density at radius 1 is 1.06 bits per heavy atom. The van der Waals surface area contributed by atoms with Crippen LogP contribution in [-0.4, -0.2) is 38.8 Å². The van der Waals surface area contributed by atoms with Gasteiger partial charge in [-0.05, 0) is 0 Å². The number of ether oxygens (including phenoxy) is 3. The van der Waals surface area contributed by atoms with Gasteiger partial charge in [0, 0.05) is 17.9 Å². The van der Waals surface area contributed by atoms with Crippen molar-refractivity contribution in [2.45, 2.75) is 4.90 Å². The second-order valence-electron chi connectivity index (χ2n) is 2.93. The van der Waals surface area contributed by atoms with Crippen LogP contribution in [0.4, 0.5) is 0 Å². The third-order valence-corrected chi connectivity index (χ3v) is 3.09. The molecule has 0 aliphatic carbocycles. The summed E-state index contributed by atoms with van der Waals surface area (Å²) in [5.41, 5.74) is 0. The molecule has 0 radical (unpaired) electrons. The summed E-state index contributed by atoms with van der Waals surface area (Å²) >= 11 is 1.49. The topological polar surface area (TPSA) is 47.9 Å². The maximum Gasteiger partial charge on any atom is 0.139 e. The summed E-state index contributed by atoms with van der Waals surface area (Å²) in [7, 11) is 4.78. The molecule has 4 nitrogen and oxygen atoms in total. The van der Waals surface area contributed by atoms with Crippen LogP contribution in [-0.2, 0) is 0 Å². The lowest BCUT2D eigenvalue weighted by Crippen LogP contribution is -1.95. The molecule has 0 aliphatic heterocycles. The Balaban J connectivity index is 3.09. The molecule has 0 unspecified atom stereocenters. The largest absolute Gasteiger partial charge is 0.496 e. The molecule has 0 saturated heterocycles. The van der Waals surface area contributed by atoms with Gasteiger partial charge in [0.15, 0.2) is 0 Å². The van der Waals surface area contributed by atoms with Crippen molar-refractivity contribution in [2.75, 3.05) is 33.7 Å². The highest BCUT2D eigenvalue weighted by Gasteiger charge is 2.13. The van der Waals surface area contributed by atoms with Crippen molar-refractivity contribution in [2.24, 2.45) is 0 Å². The van der Waals surface area contributed by atoms with Crippen molar-refractivity contribution in [3.8, 4) is 17.2 Å². The highest BCUT2D eigenvalue weighted by molar-refractivity contribution is 7.99. The van der Waals surface area contributed by atoms with Crippen LogP contribution in [0, 0.1) is 0 Å². The molecule has 0 aliphatic rings. The van der Waals surface area contributed by atoms with Gasteiger partial charge in [-0.2, -0.15) is 0 Å². The Morgan fingerprint density at radius 2 is 1.62 bits per heavy atom. The predicted octanol–water partition coefficient (Wildman–Crippen LogP) is 1.80. The first kappa shape index (κ1) is 13.0. The van der Waals surface area contributed by atoms with Crippen LogP contribution in [0.1, 0.15) is 0 Å². The summed E-state index contributed by atoms with van der Waals surface area (Å²) in [5, 5.41) is 8.83. The highest BCUT2D eigenvalue weighted by Crippen LogP contribution is 2.40. The second kappa shape index (κ2) is 6.50. The van der Waals surface area contributed by atoms with Crippen molar-refractivity contribution in [1.29, 1.82) is 0 Å². The van der Waals surface area contributed by atoms with E-state index in [-0.39, 0.29) is 6.61 Å². The van der Waals surface area contributed by atoms with E-state index < -0.39 is 0 Å². The van der Waals surface area contributed by atoms with Crippen LogP contribution >= 0.6 is 11.8 Å². The van der Waals surface area contributed by atoms with Crippen molar-refractivity contribution in [3.05, 3.63) is 12.1 Å². The van der Waals surface area contributed by atoms with Crippen molar-refractivity contribution in [1.82, 2.24) is 0 Å². The lowest BCUT2D eigenvalue weighted by Gasteiger charge is -2.14. The Morgan fingerprint density at radius 3 is 2.00 bits per heavy atom. The van der Waals surface area contributed by atoms with Gasteiger partial charge >= 0.3 is 0 Å². The Kier molecular flexibility index (Phi) is 5.28. The molecule has 0 amide bonds. The van der Waals surface area contributed by atoms with Gasteiger partial charge in [-0.1, -0.05) is 0 Å². The third kappa shape index (κ3) is 2.96. The number of hydrogen-bond donors (Lipinski definition) is 1. The van der Waals surface area contributed by atoms with Crippen LogP contribution in [0.2, 0.25) is 0 Å². The molecule has 0 heterocycles. The molecule has 0 saturated carbocycles. The molecule has 0 atom stereocenters. The number of aliphatic hydroxyl groups is 1. The number of hydrogen-bond acceptors (Lipinski definition) is 5. The van der Waals surface area contributed by atoms with E-state index in [1.165, 1.54) is 11.8 Å². The van der Waals surface area contributed by atoms with Crippen molar-refractivity contribution in [3.63, 3.8) is 0 Å².